The summed E-state index contributed by atoms with van der Waals surface area (Å²) >= 11 is 0. The molecule has 0 aliphatic heterocycles. The summed E-state index contributed by atoms with van der Waals surface area (Å²) in [4.78, 5) is 0. The number of nitrogens with two attached hydrogens (primary N) is 1. The number of aromatic nitrogens is 3. The third-order valence-electron chi connectivity index (χ3n) is 2.16. The number of nitrogens with zero attached hydrogens (tertiary/aromatic N) is 3. The van der Waals surface area contributed by atoms with Crippen molar-refractivity contribution in [3.05, 3.63) is 36.0 Å². The predicted octanol–water partition coefficient (Wildman–Crippen LogP) is 1.31. The van der Waals surface area contributed by atoms with Crippen LogP contribution in [0.3, 0.4) is 0 Å². The van der Waals surface area contributed by atoms with Crippen molar-refractivity contribution in [3.63, 3.8) is 0 Å². The summed E-state index contributed by atoms with van der Waals surface area (Å²) in [6.45, 7) is 3.22. The first-order valence-corrected chi connectivity index (χ1v) is 5.16. The topological polar surface area (TPSA) is 66.0 Å². The molecule has 2 rings (SSSR count). The molecule has 1 aromatic heterocycles. The van der Waals surface area contributed by atoms with Crippen molar-refractivity contribution in [2.24, 2.45) is 0 Å². The van der Waals surface area contributed by atoms with Gasteiger partial charge in [-0.15, -0.1) is 5.10 Å². The lowest BCUT2D eigenvalue weighted by Crippen LogP contribution is -2.03. The van der Waals surface area contributed by atoms with Crippen molar-refractivity contribution in [2.45, 2.75) is 13.5 Å². The van der Waals surface area contributed by atoms with Gasteiger partial charge >= 0.3 is 0 Å². The van der Waals surface area contributed by atoms with E-state index in [1.165, 1.54) is 0 Å². The van der Waals surface area contributed by atoms with Gasteiger partial charge < -0.3 is 10.5 Å². The van der Waals surface area contributed by atoms with Crippen LogP contribution >= 0.6 is 0 Å². The number of para-hydroxylation sites is 1. The van der Waals surface area contributed by atoms with E-state index in [1.54, 1.807) is 10.9 Å². The van der Waals surface area contributed by atoms with Crippen LogP contribution in [0.4, 0.5) is 5.82 Å². The molecule has 0 fully saturated rings. The number of hydrogen-bond acceptors (Lipinski definition) is 4. The number of anilines is 1. The SMILES string of the molecule is CCOc1ccccc1Cn1cc(N)nn1. The van der Waals surface area contributed by atoms with Crippen LogP contribution in [-0.2, 0) is 6.54 Å². The minimum Gasteiger partial charge on any atom is -0.494 e. The molecule has 0 atom stereocenters. The highest BCUT2D eigenvalue weighted by Crippen LogP contribution is 2.18. The zero-order valence-electron chi connectivity index (χ0n) is 9.13. The molecule has 0 spiro atoms. The van der Waals surface area contributed by atoms with Gasteiger partial charge in [0.05, 0.1) is 19.3 Å². The van der Waals surface area contributed by atoms with Crippen LogP contribution in [-0.4, -0.2) is 21.6 Å². The Balaban J connectivity index is 2.20. The zero-order chi connectivity index (χ0) is 11.4. The van der Waals surface area contributed by atoms with E-state index in [9.17, 15) is 0 Å². The molecule has 84 valence electrons. The molecule has 1 aromatic carbocycles. The third-order valence-corrected chi connectivity index (χ3v) is 2.16. The maximum absolute atomic E-state index is 5.52. The molecule has 0 aliphatic carbocycles. The lowest BCUT2D eigenvalue weighted by molar-refractivity contribution is 0.335. The summed E-state index contributed by atoms with van der Waals surface area (Å²) < 4.78 is 7.21. The van der Waals surface area contributed by atoms with E-state index in [2.05, 4.69) is 10.3 Å². The average Bonchev–Trinajstić information content (AvgIpc) is 2.67. The van der Waals surface area contributed by atoms with Gasteiger partial charge in [0.2, 0.25) is 0 Å². The molecule has 0 aliphatic rings. The minimum absolute atomic E-state index is 0.425. The van der Waals surface area contributed by atoms with Gasteiger partial charge in [-0.25, -0.2) is 4.68 Å². The van der Waals surface area contributed by atoms with Crippen molar-refractivity contribution < 1.29 is 4.74 Å². The van der Waals surface area contributed by atoms with Crippen LogP contribution < -0.4 is 10.5 Å². The summed E-state index contributed by atoms with van der Waals surface area (Å²) in [5.41, 5.74) is 6.57. The molecule has 2 aromatic rings. The van der Waals surface area contributed by atoms with Gasteiger partial charge in [-0.2, -0.15) is 0 Å². The van der Waals surface area contributed by atoms with E-state index >= 15 is 0 Å². The first-order valence-electron chi connectivity index (χ1n) is 5.16. The Labute approximate surface area is 93.8 Å². The van der Waals surface area contributed by atoms with Crippen LogP contribution in [0.1, 0.15) is 12.5 Å². The summed E-state index contributed by atoms with van der Waals surface area (Å²) in [6, 6.07) is 7.87. The number of benzene rings is 1. The van der Waals surface area contributed by atoms with Crippen molar-refractivity contribution in [1.82, 2.24) is 15.0 Å². The second-order valence-electron chi connectivity index (χ2n) is 3.38. The van der Waals surface area contributed by atoms with E-state index in [4.69, 9.17) is 10.5 Å². The Morgan fingerprint density at radius 3 is 2.88 bits per heavy atom. The van der Waals surface area contributed by atoms with Gasteiger partial charge in [0.25, 0.3) is 0 Å². The highest BCUT2D eigenvalue weighted by molar-refractivity contribution is 5.33. The first kappa shape index (κ1) is 10.5. The van der Waals surface area contributed by atoms with Gasteiger partial charge in [0, 0.05) is 5.56 Å². The van der Waals surface area contributed by atoms with Crippen LogP contribution in [0.15, 0.2) is 30.5 Å². The van der Waals surface area contributed by atoms with Crippen LogP contribution in [0.5, 0.6) is 5.75 Å². The van der Waals surface area contributed by atoms with Crippen LogP contribution in [0.2, 0.25) is 0 Å². The monoisotopic (exact) mass is 218 g/mol. The molecule has 0 bridgehead atoms. The molecular weight excluding hydrogens is 204 g/mol. The Bertz CT molecular complexity index is 467. The van der Waals surface area contributed by atoms with Crippen LogP contribution in [0, 0.1) is 0 Å². The van der Waals surface area contributed by atoms with E-state index in [0.717, 1.165) is 11.3 Å². The molecule has 0 saturated carbocycles. The highest BCUT2D eigenvalue weighted by atomic mass is 16.5. The Kier molecular flexibility index (Phi) is 3.05. The molecule has 0 saturated heterocycles. The standard InChI is InChI=1S/C11H14N4O/c1-2-16-10-6-4-3-5-9(10)7-15-8-11(12)13-14-15/h3-6,8H,2,7,12H2,1H3. The summed E-state index contributed by atoms with van der Waals surface area (Å²) in [5.74, 6) is 1.30. The zero-order valence-corrected chi connectivity index (χ0v) is 9.13. The summed E-state index contributed by atoms with van der Waals surface area (Å²) in [6.07, 6.45) is 1.70. The largest absolute Gasteiger partial charge is 0.494 e. The Morgan fingerprint density at radius 1 is 1.38 bits per heavy atom. The van der Waals surface area contributed by atoms with Crippen molar-refractivity contribution in [2.75, 3.05) is 12.3 Å². The summed E-state index contributed by atoms with van der Waals surface area (Å²) in [7, 11) is 0. The van der Waals surface area contributed by atoms with Crippen molar-refractivity contribution in [3.8, 4) is 5.75 Å². The van der Waals surface area contributed by atoms with Gasteiger partial charge in [-0.1, -0.05) is 23.4 Å². The fourth-order valence-corrected chi connectivity index (χ4v) is 1.50. The Morgan fingerprint density at radius 2 is 2.19 bits per heavy atom. The summed E-state index contributed by atoms with van der Waals surface area (Å²) in [5, 5.41) is 7.64. The van der Waals surface area contributed by atoms with E-state index in [1.807, 2.05) is 31.2 Å². The quantitative estimate of drug-likeness (QED) is 0.840. The highest BCUT2D eigenvalue weighted by Gasteiger charge is 2.04. The number of ether oxygens (including phenoxy) is 1. The maximum Gasteiger partial charge on any atom is 0.165 e. The molecule has 2 N–H and O–H groups in total. The third kappa shape index (κ3) is 2.31. The van der Waals surface area contributed by atoms with E-state index in [0.29, 0.717) is 19.0 Å². The van der Waals surface area contributed by atoms with Gasteiger partial charge in [-0.3, -0.25) is 0 Å². The molecule has 1 heterocycles. The molecule has 0 radical (unpaired) electrons. The molecular formula is C11H14N4O. The smallest absolute Gasteiger partial charge is 0.165 e. The lowest BCUT2D eigenvalue weighted by Gasteiger charge is -2.09. The van der Waals surface area contributed by atoms with Gasteiger partial charge in [0.1, 0.15) is 5.75 Å². The second-order valence-corrected chi connectivity index (χ2v) is 3.38. The van der Waals surface area contributed by atoms with Crippen molar-refractivity contribution in [1.29, 1.82) is 0 Å². The number of nitrogen functional groups attached to an aromatic ring is 1. The molecule has 0 amide bonds. The normalized spacial score (nSPS) is 10.3. The van der Waals surface area contributed by atoms with Crippen LogP contribution in [0.25, 0.3) is 0 Å². The van der Waals surface area contributed by atoms with E-state index < -0.39 is 0 Å². The molecule has 16 heavy (non-hydrogen) atoms. The molecule has 5 nitrogen and oxygen atoms in total. The predicted molar refractivity (Wildman–Crippen MR) is 61.1 cm³/mol. The maximum atomic E-state index is 5.52. The molecule has 5 heteroatoms. The first-order chi connectivity index (χ1) is 7.79. The van der Waals surface area contributed by atoms with Crippen molar-refractivity contribution >= 4 is 5.82 Å². The Hall–Kier alpha value is -2.04. The van der Waals surface area contributed by atoms with E-state index in [-0.39, 0.29) is 0 Å². The second kappa shape index (κ2) is 4.65. The average molecular weight is 218 g/mol. The van der Waals surface area contributed by atoms with Gasteiger partial charge in [-0.05, 0) is 13.0 Å². The fourth-order valence-electron chi connectivity index (χ4n) is 1.50. The molecule has 0 unspecified atom stereocenters. The minimum atomic E-state index is 0.425. The van der Waals surface area contributed by atoms with Gasteiger partial charge in [0.15, 0.2) is 5.82 Å². The number of hydrogen-bond donors (Lipinski definition) is 1. The fraction of sp³-hybridized carbons (Fsp3) is 0.273. The number of rotatable bonds is 4. The lowest BCUT2D eigenvalue weighted by atomic mass is 10.2.